The van der Waals surface area contributed by atoms with Crippen LogP contribution in [0.2, 0.25) is 5.02 Å². The Hall–Kier alpha value is -3.58. The maximum absolute atomic E-state index is 13.8. The zero-order valence-electron chi connectivity index (χ0n) is 20.0. The lowest BCUT2D eigenvalue weighted by Crippen LogP contribution is -2.49. The second kappa shape index (κ2) is 9.82. The molecule has 6 nitrogen and oxygen atoms in total. The molecule has 36 heavy (non-hydrogen) atoms. The Morgan fingerprint density at radius 1 is 1.06 bits per heavy atom. The lowest BCUT2D eigenvalue weighted by atomic mass is 9.75. The third-order valence-electron chi connectivity index (χ3n) is 6.65. The van der Waals surface area contributed by atoms with Crippen LogP contribution in [0.3, 0.4) is 0 Å². The van der Waals surface area contributed by atoms with Crippen molar-refractivity contribution in [2.24, 2.45) is 0 Å². The van der Waals surface area contributed by atoms with Crippen molar-refractivity contribution in [3.05, 3.63) is 87.7 Å². The number of hydrogen-bond donors (Lipinski definition) is 1. The number of carbonyl (C=O) groups excluding carboxylic acids is 2. The van der Waals surface area contributed by atoms with Crippen LogP contribution in [-0.4, -0.2) is 36.5 Å². The molecular formula is C28H26ClFN2O4. The van der Waals surface area contributed by atoms with Crippen LogP contribution in [0.25, 0.3) is 0 Å². The molecule has 2 aliphatic rings. The minimum atomic E-state index is -0.700. The van der Waals surface area contributed by atoms with Crippen LogP contribution in [0.5, 0.6) is 11.5 Å². The van der Waals surface area contributed by atoms with Crippen molar-refractivity contribution in [2.45, 2.75) is 32.2 Å². The number of halogens is 2. The summed E-state index contributed by atoms with van der Waals surface area (Å²) in [7, 11) is 0. The van der Waals surface area contributed by atoms with E-state index < -0.39 is 17.8 Å². The molecule has 0 unspecified atom stereocenters. The first-order valence-corrected chi connectivity index (χ1v) is 12.4. The van der Waals surface area contributed by atoms with Gasteiger partial charge in [0.2, 0.25) is 5.91 Å². The number of rotatable bonds is 6. The van der Waals surface area contributed by atoms with Gasteiger partial charge in [-0.1, -0.05) is 29.8 Å². The number of nitrogens with zero attached hydrogens (tertiary/aromatic N) is 1. The summed E-state index contributed by atoms with van der Waals surface area (Å²) < 4.78 is 25.4. The topological polar surface area (TPSA) is 67.9 Å². The molecule has 1 N–H and O–H groups in total. The molecule has 0 saturated carbocycles. The van der Waals surface area contributed by atoms with E-state index in [1.54, 1.807) is 17.0 Å². The second-order valence-corrected chi connectivity index (χ2v) is 9.15. The van der Waals surface area contributed by atoms with Crippen LogP contribution >= 0.6 is 11.6 Å². The first-order chi connectivity index (χ1) is 17.4. The molecule has 0 fully saturated rings. The monoisotopic (exact) mass is 508 g/mol. The Balaban J connectivity index is 1.63. The summed E-state index contributed by atoms with van der Waals surface area (Å²) in [6.45, 7) is 5.22. The minimum absolute atomic E-state index is 0.0820. The third-order valence-corrected chi connectivity index (χ3v) is 6.94. The summed E-state index contributed by atoms with van der Waals surface area (Å²) in [5.74, 6) is -0.459. The lowest BCUT2D eigenvalue weighted by Gasteiger charge is -2.45. The fourth-order valence-corrected chi connectivity index (χ4v) is 5.33. The van der Waals surface area contributed by atoms with Crippen LogP contribution < -0.4 is 14.8 Å². The zero-order chi connectivity index (χ0) is 25.4. The maximum atomic E-state index is 13.8. The Labute approximate surface area is 214 Å². The number of anilines is 1. The Bertz CT molecular complexity index is 1350. The van der Waals surface area contributed by atoms with E-state index in [1.165, 1.54) is 18.2 Å². The highest BCUT2D eigenvalue weighted by atomic mass is 35.5. The molecule has 0 spiro atoms. The highest BCUT2D eigenvalue weighted by molar-refractivity contribution is 6.31. The van der Waals surface area contributed by atoms with Crippen molar-refractivity contribution in [1.82, 2.24) is 4.90 Å². The number of hydrogen-bond acceptors (Lipinski definition) is 4. The van der Waals surface area contributed by atoms with E-state index >= 15 is 0 Å². The predicted molar refractivity (Wildman–Crippen MR) is 135 cm³/mol. The number of fused-ring (bicyclic) bond motifs is 4. The summed E-state index contributed by atoms with van der Waals surface area (Å²) in [6, 6.07) is 14.6. The fraction of sp³-hybridized carbons (Fsp3) is 0.286. The normalized spacial score (nSPS) is 18.1. The van der Waals surface area contributed by atoms with Crippen LogP contribution in [0.1, 0.15) is 52.9 Å². The zero-order valence-corrected chi connectivity index (χ0v) is 20.8. The Morgan fingerprint density at radius 2 is 1.78 bits per heavy atom. The molecule has 0 saturated heterocycles. The average Bonchev–Trinajstić information content (AvgIpc) is 2.87. The predicted octanol–water partition coefficient (Wildman–Crippen LogP) is 5.75. The van der Waals surface area contributed by atoms with Gasteiger partial charge in [0, 0.05) is 17.8 Å². The molecule has 8 heteroatoms. The minimum Gasteiger partial charge on any atom is -0.490 e. The quantitative estimate of drug-likeness (QED) is 0.460. The third kappa shape index (κ3) is 4.17. The number of carbonyl (C=O) groups is 2. The van der Waals surface area contributed by atoms with Gasteiger partial charge in [-0.2, -0.15) is 0 Å². The lowest BCUT2D eigenvalue weighted by molar-refractivity contribution is -0.119. The van der Waals surface area contributed by atoms with Gasteiger partial charge < -0.3 is 19.7 Å². The largest absolute Gasteiger partial charge is 0.490 e. The molecule has 3 aromatic carbocycles. The molecule has 0 bridgehead atoms. The highest BCUT2D eigenvalue weighted by Gasteiger charge is 2.46. The standard InChI is InChI=1S/C28H26ClFN2O4/c1-3-35-23-13-16-11-12-32-26(20(16)15-24(23)36-4-2)25(18-7-5-6-8-19(18)28(32)34)27(33)31-17-9-10-22(30)21(29)14-17/h5-10,13-15,25-26H,3-4,11-12H2,1-2H3,(H,31,33)/t25-,26+/m0/s1. The van der Waals surface area contributed by atoms with E-state index in [0.717, 1.165) is 11.1 Å². The van der Waals surface area contributed by atoms with Crippen LogP contribution in [0, 0.1) is 5.82 Å². The smallest absolute Gasteiger partial charge is 0.254 e. The summed E-state index contributed by atoms with van der Waals surface area (Å²) >= 11 is 5.94. The molecule has 0 aromatic heterocycles. The van der Waals surface area contributed by atoms with Crippen molar-refractivity contribution in [3.63, 3.8) is 0 Å². The molecule has 186 valence electrons. The van der Waals surface area contributed by atoms with Gasteiger partial charge in [-0.25, -0.2) is 4.39 Å². The molecular weight excluding hydrogens is 483 g/mol. The van der Waals surface area contributed by atoms with Gasteiger partial charge in [-0.05, 0) is 73.4 Å². The first-order valence-electron chi connectivity index (χ1n) is 12.0. The van der Waals surface area contributed by atoms with Crippen molar-refractivity contribution < 1.29 is 23.5 Å². The van der Waals surface area contributed by atoms with Gasteiger partial charge in [0.05, 0.1) is 30.2 Å². The molecule has 5 rings (SSSR count). The Kier molecular flexibility index (Phi) is 6.58. The number of benzene rings is 3. The van der Waals surface area contributed by atoms with E-state index in [2.05, 4.69) is 5.32 Å². The van der Waals surface area contributed by atoms with Crippen molar-refractivity contribution in [3.8, 4) is 11.5 Å². The molecule has 2 atom stereocenters. The van der Waals surface area contributed by atoms with Crippen molar-refractivity contribution in [2.75, 3.05) is 25.1 Å². The van der Waals surface area contributed by atoms with Crippen LogP contribution in [0.15, 0.2) is 54.6 Å². The first kappa shape index (κ1) is 24.1. The van der Waals surface area contributed by atoms with Crippen molar-refractivity contribution >= 4 is 29.1 Å². The van der Waals surface area contributed by atoms with Gasteiger partial charge in [0.1, 0.15) is 5.82 Å². The summed E-state index contributed by atoms with van der Waals surface area (Å²) in [6.07, 6.45) is 0.633. The van der Waals surface area contributed by atoms with Crippen LogP contribution in [0.4, 0.5) is 10.1 Å². The molecule has 3 aromatic rings. The van der Waals surface area contributed by atoms with E-state index in [-0.39, 0.29) is 16.8 Å². The second-order valence-electron chi connectivity index (χ2n) is 8.74. The molecule has 2 amide bonds. The summed E-state index contributed by atoms with van der Waals surface area (Å²) in [5, 5.41) is 2.80. The van der Waals surface area contributed by atoms with E-state index in [9.17, 15) is 14.0 Å². The Morgan fingerprint density at radius 3 is 2.50 bits per heavy atom. The van der Waals surface area contributed by atoms with E-state index in [4.69, 9.17) is 21.1 Å². The fourth-order valence-electron chi connectivity index (χ4n) is 5.15. The molecule has 2 aliphatic heterocycles. The number of ether oxygens (including phenoxy) is 2. The maximum Gasteiger partial charge on any atom is 0.254 e. The number of amides is 2. The molecule has 2 heterocycles. The SMILES string of the molecule is CCOc1cc2c(cc1OCC)[C@@H]1[C@@H](C(=O)Nc3ccc(F)c(Cl)c3)c3ccccc3C(=O)N1CC2. The van der Waals surface area contributed by atoms with E-state index in [1.807, 2.05) is 38.1 Å². The highest BCUT2D eigenvalue weighted by Crippen LogP contribution is 2.48. The molecule has 0 aliphatic carbocycles. The van der Waals surface area contributed by atoms with Gasteiger partial charge in [-0.15, -0.1) is 0 Å². The van der Waals surface area contributed by atoms with Crippen LogP contribution in [-0.2, 0) is 11.2 Å². The van der Waals surface area contributed by atoms with Gasteiger partial charge in [0.15, 0.2) is 11.5 Å². The van der Waals surface area contributed by atoms with Gasteiger partial charge in [-0.3, -0.25) is 9.59 Å². The summed E-state index contributed by atoms with van der Waals surface area (Å²) in [4.78, 5) is 29.1. The average molecular weight is 509 g/mol. The van der Waals surface area contributed by atoms with Crippen molar-refractivity contribution in [1.29, 1.82) is 0 Å². The van der Waals surface area contributed by atoms with E-state index in [0.29, 0.717) is 54.5 Å². The molecule has 0 radical (unpaired) electrons. The summed E-state index contributed by atoms with van der Waals surface area (Å²) in [5.41, 5.74) is 3.40. The number of nitrogens with one attached hydrogen (secondary N) is 1. The van der Waals surface area contributed by atoms with Gasteiger partial charge in [0.25, 0.3) is 5.91 Å². The van der Waals surface area contributed by atoms with Gasteiger partial charge >= 0.3 is 0 Å².